The van der Waals surface area contributed by atoms with Crippen molar-refractivity contribution in [3.63, 3.8) is 0 Å². The van der Waals surface area contributed by atoms with Gasteiger partial charge in [-0.1, -0.05) is 5.92 Å². The van der Waals surface area contributed by atoms with E-state index in [4.69, 9.17) is 16.9 Å². The molecule has 0 saturated carbocycles. The van der Waals surface area contributed by atoms with Crippen molar-refractivity contribution in [2.75, 3.05) is 5.73 Å². The largest absolute Gasteiger partial charge is 0.457 e. The van der Waals surface area contributed by atoms with Gasteiger partial charge < -0.3 is 10.5 Å². The molecule has 4 nitrogen and oxygen atoms in total. The van der Waals surface area contributed by atoms with Gasteiger partial charge in [0.25, 0.3) is 0 Å². The van der Waals surface area contributed by atoms with Crippen molar-refractivity contribution in [3.8, 4) is 18.2 Å². The molecule has 0 amide bonds. The summed E-state index contributed by atoms with van der Waals surface area (Å²) in [4.78, 5) is 0. The zero-order chi connectivity index (χ0) is 9.90. The molecule has 0 atom stereocenters. The smallest absolute Gasteiger partial charge is 0.235 e. The molecule has 2 N–H and O–H groups in total. The van der Waals surface area contributed by atoms with Crippen molar-refractivity contribution in [2.24, 2.45) is 0 Å². The Morgan fingerprint density at radius 2 is 2.15 bits per heavy atom. The zero-order valence-electron chi connectivity index (χ0n) is 7.61. The van der Waals surface area contributed by atoms with Crippen LogP contribution in [0.5, 0.6) is 5.88 Å². The number of aromatic nitrogens is 2. The van der Waals surface area contributed by atoms with E-state index in [-0.39, 0.29) is 0 Å². The molecule has 0 radical (unpaired) electrons. The van der Waals surface area contributed by atoms with E-state index in [2.05, 4.69) is 16.1 Å². The number of nitrogens with two attached hydrogens (primary N) is 1. The van der Waals surface area contributed by atoms with Crippen LogP contribution in [0.3, 0.4) is 0 Å². The van der Waals surface area contributed by atoms with Crippen LogP contribution >= 0.6 is 0 Å². The first-order valence-corrected chi connectivity index (χ1v) is 3.79. The van der Waals surface area contributed by atoms with Gasteiger partial charge in [0, 0.05) is 6.07 Å². The highest BCUT2D eigenvalue weighted by Crippen LogP contribution is 2.14. The van der Waals surface area contributed by atoms with Gasteiger partial charge in [-0.2, -0.15) is 0 Å². The van der Waals surface area contributed by atoms with E-state index in [0.717, 1.165) is 0 Å². The third kappa shape index (κ3) is 2.64. The summed E-state index contributed by atoms with van der Waals surface area (Å²) < 4.78 is 5.34. The molecule has 68 valence electrons. The molecule has 0 spiro atoms. The Bertz CT molecular complexity index is 324. The number of nitrogens with zero attached hydrogens (tertiary/aromatic N) is 2. The van der Waals surface area contributed by atoms with Gasteiger partial charge in [-0.15, -0.1) is 16.6 Å². The van der Waals surface area contributed by atoms with Gasteiger partial charge in [-0.25, -0.2) is 0 Å². The van der Waals surface area contributed by atoms with Crippen LogP contribution in [-0.2, 0) is 0 Å². The molecular weight excluding hydrogens is 166 g/mol. The second-order valence-electron chi connectivity index (χ2n) is 3.05. The number of hydrogen-bond donors (Lipinski definition) is 1. The molecule has 4 heteroatoms. The standard InChI is InChI=1S/C9H11N3O/c1-4-9(2,3)13-8-6-5-7(10)11-12-8/h1,5-6H,2-3H3,(H2,10,11). The van der Waals surface area contributed by atoms with E-state index in [9.17, 15) is 0 Å². The minimum atomic E-state index is -0.676. The predicted molar refractivity (Wildman–Crippen MR) is 50.0 cm³/mol. The third-order valence-corrected chi connectivity index (χ3v) is 1.37. The third-order valence-electron chi connectivity index (χ3n) is 1.37. The minimum absolute atomic E-state index is 0.353. The van der Waals surface area contributed by atoms with Crippen LogP contribution in [0.2, 0.25) is 0 Å². The van der Waals surface area contributed by atoms with Crippen molar-refractivity contribution >= 4 is 5.82 Å². The highest BCUT2D eigenvalue weighted by atomic mass is 16.5. The fourth-order valence-electron chi connectivity index (χ4n) is 0.676. The van der Waals surface area contributed by atoms with Crippen molar-refractivity contribution in [3.05, 3.63) is 12.1 Å². The van der Waals surface area contributed by atoms with E-state index in [1.165, 1.54) is 0 Å². The maximum Gasteiger partial charge on any atom is 0.235 e. The summed E-state index contributed by atoms with van der Waals surface area (Å²) in [5, 5.41) is 7.35. The van der Waals surface area contributed by atoms with Crippen LogP contribution in [0, 0.1) is 12.3 Å². The summed E-state index contributed by atoms with van der Waals surface area (Å²) in [6.45, 7) is 3.54. The topological polar surface area (TPSA) is 61.0 Å². The molecule has 1 rings (SSSR count). The van der Waals surface area contributed by atoms with Gasteiger partial charge >= 0.3 is 0 Å². The molecule has 13 heavy (non-hydrogen) atoms. The first-order valence-electron chi connectivity index (χ1n) is 3.79. The SMILES string of the molecule is C#CC(C)(C)Oc1ccc(N)nn1. The summed E-state index contributed by atoms with van der Waals surface area (Å²) in [5.41, 5.74) is 4.68. The van der Waals surface area contributed by atoms with Gasteiger partial charge in [0.1, 0.15) is 5.82 Å². The first-order chi connectivity index (χ1) is 6.03. The van der Waals surface area contributed by atoms with Gasteiger partial charge in [-0.3, -0.25) is 0 Å². The van der Waals surface area contributed by atoms with E-state index in [1.807, 2.05) is 0 Å². The van der Waals surface area contributed by atoms with E-state index in [1.54, 1.807) is 26.0 Å². The molecule has 0 bridgehead atoms. The molecule has 1 aromatic rings. The lowest BCUT2D eigenvalue weighted by molar-refractivity contribution is 0.163. The molecule has 0 saturated heterocycles. The Labute approximate surface area is 77.1 Å². The molecular formula is C9H11N3O. The monoisotopic (exact) mass is 177 g/mol. The van der Waals surface area contributed by atoms with Crippen molar-refractivity contribution in [1.29, 1.82) is 0 Å². The fraction of sp³-hybridized carbons (Fsp3) is 0.333. The van der Waals surface area contributed by atoms with Crippen molar-refractivity contribution in [2.45, 2.75) is 19.4 Å². The second-order valence-corrected chi connectivity index (χ2v) is 3.05. The molecule has 1 aromatic heterocycles. The average molecular weight is 177 g/mol. The van der Waals surface area contributed by atoms with E-state index in [0.29, 0.717) is 11.7 Å². The molecule has 0 fully saturated rings. The highest BCUT2D eigenvalue weighted by molar-refractivity contribution is 5.28. The maximum atomic E-state index is 5.35. The summed E-state index contributed by atoms with van der Waals surface area (Å²) >= 11 is 0. The Morgan fingerprint density at radius 3 is 2.62 bits per heavy atom. The number of rotatable bonds is 2. The van der Waals surface area contributed by atoms with Crippen LogP contribution in [0.25, 0.3) is 0 Å². The molecule has 0 aromatic carbocycles. The maximum absolute atomic E-state index is 5.35. The quantitative estimate of drug-likeness (QED) is 0.680. The Kier molecular flexibility index (Phi) is 2.38. The lowest BCUT2D eigenvalue weighted by Gasteiger charge is -2.18. The average Bonchev–Trinajstić information content (AvgIpc) is 2.09. The zero-order valence-corrected chi connectivity index (χ0v) is 7.61. The molecule has 0 aliphatic heterocycles. The summed E-state index contributed by atoms with van der Waals surface area (Å²) in [6, 6.07) is 3.23. The van der Waals surface area contributed by atoms with Crippen LogP contribution < -0.4 is 10.5 Å². The van der Waals surface area contributed by atoms with Crippen LogP contribution in [0.4, 0.5) is 5.82 Å². The van der Waals surface area contributed by atoms with Crippen molar-refractivity contribution in [1.82, 2.24) is 10.2 Å². The van der Waals surface area contributed by atoms with E-state index < -0.39 is 5.60 Å². The summed E-state index contributed by atoms with van der Waals surface area (Å²) in [7, 11) is 0. The number of ether oxygens (including phenoxy) is 1. The lowest BCUT2D eigenvalue weighted by atomic mass is 10.1. The molecule has 1 heterocycles. The lowest BCUT2D eigenvalue weighted by Crippen LogP contribution is -2.26. The van der Waals surface area contributed by atoms with Crippen LogP contribution in [0.1, 0.15) is 13.8 Å². The minimum Gasteiger partial charge on any atom is -0.457 e. The van der Waals surface area contributed by atoms with Gasteiger partial charge in [0.2, 0.25) is 5.88 Å². The normalized spacial score (nSPS) is 10.5. The number of hydrogen-bond acceptors (Lipinski definition) is 4. The van der Waals surface area contributed by atoms with Gasteiger partial charge in [-0.05, 0) is 19.9 Å². The predicted octanol–water partition coefficient (Wildman–Crippen LogP) is 0.849. The Morgan fingerprint density at radius 1 is 1.46 bits per heavy atom. The first kappa shape index (κ1) is 9.33. The van der Waals surface area contributed by atoms with Gasteiger partial charge in [0.05, 0.1) is 0 Å². The van der Waals surface area contributed by atoms with Gasteiger partial charge in [0.15, 0.2) is 5.60 Å². The Hall–Kier alpha value is -1.76. The summed E-state index contributed by atoms with van der Waals surface area (Å²) in [5.74, 6) is 3.21. The number of nitrogen functional groups attached to an aromatic ring is 1. The van der Waals surface area contributed by atoms with E-state index >= 15 is 0 Å². The number of anilines is 1. The molecule has 0 aliphatic rings. The number of terminal acetylenes is 1. The fourth-order valence-corrected chi connectivity index (χ4v) is 0.676. The van der Waals surface area contributed by atoms with Crippen molar-refractivity contribution < 1.29 is 4.74 Å². The highest BCUT2D eigenvalue weighted by Gasteiger charge is 2.16. The molecule has 0 unspecified atom stereocenters. The van der Waals surface area contributed by atoms with Crippen LogP contribution in [0.15, 0.2) is 12.1 Å². The van der Waals surface area contributed by atoms with Crippen LogP contribution in [-0.4, -0.2) is 15.8 Å². The summed E-state index contributed by atoms with van der Waals surface area (Å²) in [6.07, 6.45) is 5.24. The Balaban J connectivity index is 2.77. The molecule has 0 aliphatic carbocycles. The second kappa shape index (κ2) is 3.31.